The van der Waals surface area contributed by atoms with Gasteiger partial charge in [0.25, 0.3) is 0 Å². The largest absolute Gasteiger partial charge is 0.573 e. The highest BCUT2D eigenvalue weighted by Gasteiger charge is 2.30. The topological polar surface area (TPSA) is 44.5 Å². The molecule has 0 fully saturated rings. The molecule has 0 bridgehead atoms. The van der Waals surface area contributed by atoms with Gasteiger partial charge in [-0.1, -0.05) is 11.6 Å². The minimum atomic E-state index is -4.72. The Morgan fingerprint density at radius 2 is 1.45 bits per heavy atom. The van der Waals surface area contributed by atoms with Crippen molar-refractivity contribution in [3.63, 3.8) is 0 Å². The fraction of sp³-hybridized carbons (Fsp3) is 0.0769. The van der Waals surface area contributed by atoms with Crippen molar-refractivity contribution in [2.75, 3.05) is 5.73 Å². The van der Waals surface area contributed by atoms with E-state index in [4.69, 9.17) is 22.1 Å². The highest BCUT2D eigenvalue weighted by atomic mass is 35.5. The average Bonchev–Trinajstić information content (AvgIpc) is 2.35. The van der Waals surface area contributed by atoms with Crippen LogP contribution in [-0.4, -0.2) is 6.36 Å². The van der Waals surface area contributed by atoms with Crippen molar-refractivity contribution in [2.24, 2.45) is 0 Å². The Kier molecular flexibility index (Phi) is 3.94. The molecule has 0 aliphatic rings. The number of nitrogen functional groups attached to an aromatic ring is 1. The Morgan fingerprint density at radius 3 is 2.00 bits per heavy atom. The third-order valence-electron chi connectivity index (χ3n) is 2.26. The number of hydrogen-bond acceptors (Lipinski definition) is 3. The lowest BCUT2D eigenvalue weighted by molar-refractivity contribution is -0.274. The molecule has 0 unspecified atom stereocenters. The zero-order valence-corrected chi connectivity index (χ0v) is 10.7. The molecular formula is C13H9ClF3NO2. The summed E-state index contributed by atoms with van der Waals surface area (Å²) in [5.41, 5.74) is 5.96. The summed E-state index contributed by atoms with van der Waals surface area (Å²) in [6, 6.07) is 9.69. The minimum absolute atomic E-state index is 0.319. The Labute approximate surface area is 117 Å². The lowest BCUT2D eigenvalue weighted by Crippen LogP contribution is -2.16. The van der Waals surface area contributed by atoms with Crippen LogP contribution in [0.15, 0.2) is 42.5 Å². The summed E-state index contributed by atoms with van der Waals surface area (Å²) < 4.78 is 45.1. The van der Waals surface area contributed by atoms with Gasteiger partial charge >= 0.3 is 6.36 Å². The second-order valence-corrected chi connectivity index (χ2v) is 4.21. The SMILES string of the molecule is Nc1cc(Oc2ccc(OC(F)(F)F)cc2)ccc1Cl. The van der Waals surface area contributed by atoms with Crippen molar-refractivity contribution in [1.82, 2.24) is 0 Å². The van der Waals surface area contributed by atoms with E-state index in [-0.39, 0.29) is 5.75 Å². The van der Waals surface area contributed by atoms with E-state index in [1.165, 1.54) is 18.2 Å². The Hall–Kier alpha value is -2.08. The number of nitrogens with two attached hydrogens (primary N) is 1. The first kappa shape index (κ1) is 14.3. The molecule has 0 radical (unpaired) electrons. The van der Waals surface area contributed by atoms with Crippen LogP contribution in [0.2, 0.25) is 5.02 Å². The molecule has 20 heavy (non-hydrogen) atoms. The van der Waals surface area contributed by atoms with Crippen molar-refractivity contribution in [1.29, 1.82) is 0 Å². The molecule has 0 heterocycles. The van der Waals surface area contributed by atoms with Crippen LogP contribution in [0.3, 0.4) is 0 Å². The van der Waals surface area contributed by atoms with Crippen molar-refractivity contribution < 1.29 is 22.6 Å². The van der Waals surface area contributed by atoms with Crippen LogP contribution in [0, 0.1) is 0 Å². The van der Waals surface area contributed by atoms with E-state index in [2.05, 4.69) is 4.74 Å². The summed E-state index contributed by atoms with van der Waals surface area (Å²) in [6.45, 7) is 0. The van der Waals surface area contributed by atoms with E-state index in [0.717, 1.165) is 12.1 Å². The van der Waals surface area contributed by atoms with Crippen molar-refractivity contribution in [3.8, 4) is 17.2 Å². The first-order valence-corrected chi connectivity index (χ1v) is 5.80. The van der Waals surface area contributed by atoms with Gasteiger partial charge in [-0.2, -0.15) is 0 Å². The molecule has 0 spiro atoms. The van der Waals surface area contributed by atoms with E-state index in [1.54, 1.807) is 12.1 Å². The first-order valence-electron chi connectivity index (χ1n) is 5.42. The fourth-order valence-electron chi connectivity index (χ4n) is 1.43. The number of rotatable bonds is 3. The van der Waals surface area contributed by atoms with Gasteiger partial charge < -0.3 is 15.2 Å². The van der Waals surface area contributed by atoms with E-state index in [0.29, 0.717) is 22.2 Å². The minimum Gasteiger partial charge on any atom is -0.457 e. The van der Waals surface area contributed by atoms with Gasteiger partial charge in [0, 0.05) is 6.07 Å². The molecule has 2 aromatic carbocycles. The second kappa shape index (κ2) is 5.50. The van der Waals surface area contributed by atoms with E-state index in [1.807, 2.05) is 0 Å². The molecule has 0 aliphatic carbocycles. The van der Waals surface area contributed by atoms with Gasteiger partial charge in [0.15, 0.2) is 0 Å². The standard InChI is InChI=1S/C13H9ClF3NO2/c14-11-6-5-10(7-12(11)18)19-8-1-3-9(4-2-8)20-13(15,16)17/h1-7H,18H2. The molecule has 2 aromatic rings. The lowest BCUT2D eigenvalue weighted by atomic mass is 10.3. The maximum absolute atomic E-state index is 12.0. The Morgan fingerprint density at radius 1 is 0.900 bits per heavy atom. The van der Waals surface area contributed by atoms with Crippen molar-refractivity contribution in [2.45, 2.75) is 6.36 Å². The first-order chi connectivity index (χ1) is 9.33. The molecule has 2 rings (SSSR count). The lowest BCUT2D eigenvalue weighted by Gasteiger charge is -2.10. The number of hydrogen-bond donors (Lipinski definition) is 1. The molecule has 0 saturated carbocycles. The number of alkyl halides is 3. The normalized spacial score (nSPS) is 11.2. The molecule has 7 heteroatoms. The highest BCUT2D eigenvalue weighted by molar-refractivity contribution is 6.33. The summed E-state index contributed by atoms with van der Waals surface area (Å²) >= 11 is 5.76. The quantitative estimate of drug-likeness (QED) is 0.842. The molecule has 2 N–H and O–H groups in total. The smallest absolute Gasteiger partial charge is 0.457 e. The molecular weight excluding hydrogens is 295 g/mol. The fourth-order valence-corrected chi connectivity index (χ4v) is 1.55. The zero-order chi connectivity index (χ0) is 14.8. The van der Waals surface area contributed by atoms with Crippen LogP contribution in [0.5, 0.6) is 17.2 Å². The number of benzene rings is 2. The maximum atomic E-state index is 12.0. The van der Waals surface area contributed by atoms with Crippen LogP contribution in [0.1, 0.15) is 0 Å². The van der Waals surface area contributed by atoms with E-state index < -0.39 is 6.36 Å². The summed E-state index contributed by atoms with van der Waals surface area (Å²) in [6.07, 6.45) is -4.72. The average molecular weight is 304 g/mol. The summed E-state index contributed by atoms with van der Waals surface area (Å²) in [7, 11) is 0. The van der Waals surface area contributed by atoms with Crippen LogP contribution >= 0.6 is 11.6 Å². The molecule has 3 nitrogen and oxygen atoms in total. The van der Waals surface area contributed by atoms with Gasteiger partial charge in [-0.3, -0.25) is 0 Å². The van der Waals surface area contributed by atoms with Gasteiger partial charge in [0.1, 0.15) is 17.2 Å². The summed E-state index contributed by atoms with van der Waals surface area (Å²) in [5, 5.41) is 0.395. The zero-order valence-electron chi connectivity index (χ0n) is 9.95. The third-order valence-corrected chi connectivity index (χ3v) is 2.60. The predicted molar refractivity (Wildman–Crippen MR) is 69.1 cm³/mol. The molecule has 0 atom stereocenters. The van der Waals surface area contributed by atoms with Crippen LogP contribution in [-0.2, 0) is 0 Å². The molecule has 0 saturated heterocycles. The van der Waals surface area contributed by atoms with Gasteiger partial charge in [-0.15, -0.1) is 13.2 Å². The van der Waals surface area contributed by atoms with Gasteiger partial charge in [0.2, 0.25) is 0 Å². The van der Waals surface area contributed by atoms with Gasteiger partial charge in [0.05, 0.1) is 10.7 Å². The molecule has 0 amide bonds. The monoisotopic (exact) mass is 303 g/mol. The van der Waals surface area contributed by atoms with Crippen molar-refractivity contribution >= 4 is 17.3 Å². The Bertz CT molecular complexity index is 600. The Balaban J connectivity index is 2.08. The summed E-state index contributed by atoms with van der Waals surface area (Å²) in [4.78, 5) is 0. The third kappa shape index (κ3) is 3.96. The number of ether oxygens (including phenoxy) is 2. The molecule has 0 aliphatic heterocycles. The number of halogens is 4. The highest BCUT2D eigenvalue weighted by Crippen LogP contribution is 2.29. The summed E-state index contributed by atoms with van der Waals surface area (Å²) in [5.74, 6) is 0.457. The van der Waals surface area contributed by atoms with Gasteiger partial charge in [-0.25, -0.2) is 0 Å². The second-order valence-electron chi connectivity index (χ2n) is 3.80. The van der Waals surface area contributed by atoms with Gasteiger partial charge in [-0.05, 0) is 36.4 Å². The molecule has 0 aromatic heterocycles. The van der Waals surface area contributed by atoms with E-state index >= 15 is 0 Å². The predicted octanol–water partition coefficient (Wildman–Crippen LogP) is 4.61. The van der Waals surface area contributed by atoms with Crippen LogP contribution in [0.25, 0.3) is 0 Å². The van der Waals surface area contributed by atoms with Crippen molar-refractivity contribution in [3.05, 3.63) is 47.5 Å². The van der Waals surface area contributed by atoms with Crippen LogP contribution < -0.4 is 15.2 Å². The maximum Gasteiger partial charge on any atom is 0.573 e. The van der Waals surface area contributed by atoms with E-state index in [9.17, 15) is 13.2 Å². The molecule has 106 valence electrons. The number of anilines is 1. The van der Waals surface area contributed by atoms with Crippen LogP contribution in [0.4, 0.5) is 18.9 Å².